The van der Waals surface area contributed by atoms with Gasteiger partial charge in [0, 0.05) is 27.9 Å². The van der Waals surface area contributed by atoms with Gasteiger partial charge in [0.2, 0.25) is 0 Å². The molecule has 0 fully saturated rings. The number of nitrogens with one attached hydrogen (secondary N) is 1. The van der Waals surface area contributed by atoms with Crippen LogP contribution in [-0.4, -0.2) is 12.5 Å². The molecule has 1 heterocycles. The van der Waals surface area contributed by atoms with Crippen molar-refractivity contribution in [1.29, 1.82) is 5.26 Å². The Balaban J connectivity index is 1.79. The Kier molecular flexibility index (Phi) is 6.53. The van der Waals surface area contributed by atoms with E-state index in [-0.39, 0.29) is 5.57 Å². The molecular formula is C23H19BrN2O3. The van der Waals surface area contributed by atoms with Crippen LogP contribution in [0.25, 0.3) is 17.4 Å². The molecule has 3 rings (SSSR count). The van der Waals surface area contributed by atoms with Gasteiger partial charge in [-0.1, -0.05) is 28.1 Å². The SMILES string of the molecule is CCOc1cccc(NC(=O)C(C#N)=Cc2ccc(-c3ccc(C)cc3Br)o2)c1. The minimum Gasteiger partial charge on any atom is -0.494 e. The van der Waals surface area contributed by atoms with Crippen LogP contribution in [0.1, 0.15) is 18.2 Å². The van der Waals surface area contributed by atoms with E-state index in [2.05, 4.69) is 21.2 Å². The van der Waals surface area contributed by atoms with Gasteiger partial charge in [-0.25, -0.2) is 0 Å². The van der Waals surface area contributed by atoms with E-state index in [9.17, 15) is 10.1 Å². The van der Waals surface area contributed by atoms with E-state index >= 15 is 0 Å². The first-order chi connectivity index (χ1) is 14.0. The van der Waals surface area contributed by atoms with E-state index in [4.69, 9.17) is 9.15 Å². The van der Waals surface area contributed by atoms with Crippen molar-refractivity contribution in [3.63, 3.8) is 0 Å². The van der Waals surface area contributed by atoms with Gasteiger partial charge in [0.1, 0.15) is 28.9 Å². The zero-order chi connectivity index (χ0) is 20.8. The Labute approximate surface area is 177 Å². The molecule has 0 saturated carbocycles. The molecule has 6 heteroatoms. The molecule has 0 bridgehead atoms. The number of hydrogen-bond acceptors (Lipinski definition) is 4. The summed E-state index contributed by atoms with van der Waals surface area (Å²) in [4.78, 5) is 12.5. The molecule has 0 atom stereocenters. The van der Waals surface area contributed by atoms with Crippen LogP contribution in [0.3, 0.4) is 0 Å². The fourth-order valence-corrected chi connectivity index (χ4v) is 3.40. The largest absolute Gasteiger partial charge is 0.494 e. The third-order valence-corrected chi connectivity index (χ3v) is 4.73. The first-order valence-corrected chi connectivity index (χ1v) is 9.82. The summed E-state index contributed by atoms with van der Waals surface area (Å²) in [6.07, 6.45) is 1.42. The minimum absolute atomic E-state index is 0.0596. The van der Waals surface area contributed by atoms with Crippen LogP contribution in [0.2, 0.25) is 0 Å². The Bertz CT molecular complexity index is 1110. The van der Waals surface area contributed by atoms with Crippen molar-refractivity contribution in [2.45, 2.75) is 13.8 Å². The Morgan fingerprint density at radius 3 is 2.79 bits per heavy atom. The number of aryl methyl sites for hydroxylation is 1. The van der Waals surface area contributed by atoms with Crippen molar-refractivity contribution in [2.75, 3.05) is 11.9 Å². The quantitative estimate of drug-likeness (QED) is 0.371. The average Bonchev–Trinajstić information content (AvgIpc) is 3.15. The highest BCUT2D eigenvalue weighted by molar-refractivity contribution is 9.10. The lowest BCUT2D eigenvalue weighted by Crippen LogP contribution is -2.13. The summed E-state index contributed by atoms with van der Waals surface area (Å²) >= 11 is 3.53. The van der Waals surface area contributed by atoms with Crippen molar-refractivity contribution >= 4 is 33.6 Å². The van der Waals surface area contributed by atoms with E-state index in [1.807, 2.05) is 38.1 Å². The lowest BCUT2D eigenvalue weighted by molar-refractivity contribution is -0.112. The van der Waals surface area contributed by atoms with Crippen LogP contribution in [0.5, 0.6) is 5.75 Å². The molecule has 1 N–H and O–H groups in total. The van der Waals surface area contributed by atoms with Gasteiger partial charge in [-0.2, -0.15) is 5.26 Å². The first-order valence-electron chi connectivity index (χ1n) is 9.02. The highest BCUT2D eigenvalue weighted by Crippen LogP contribution is 2.31. The van der Waals surface area contributed by atoms with Crippen molar-refractivity contribution in [2.24, 2.45) is 0 Å². The van der Waals surface area contributed by atoms with Crippen molar-refractivity contribution in [1.82, 2.24) is 0 Å². The van der Waals surface area contributed by atoms with Gasteiger partial charge >= 0.3 is 0 Å². The Morgan fingerprint density at radius 2 is 2.07 bits per heavy atom. The van der Waals surface area contributed by atoms with Crippen molar-refractivity contribution < 1.29 is 13.9 Å². The molecule has 0 saturated heterocycles. The summed E-state index contributed by atoms with van der Waals surface area (Å²) in [6.45, 7) is 4.42. The van der Waals surface area contributed by atoms with Gasteiger partial charge in [-0.05, 0) is 55.8 Å². The standard InChI is InChI=1S/C23H19BrN2O3/c1-3-28-18-6-4-5-17(13-18)26-23(27)16(14-25)12-19-8-10-22(29-19)20-9-7-15(2)11-21(20)24/h4-13H,3H2,1-2H3,(H,26,27). The fourth-order valence-electron chi connectivity index (χ4n) is 2.71. The number of anilines is 1. The number of carbonyl (C=O) groups is 1. The summed E-state index contributed by atoms with van der Waals surface area (Å²) in [5.74, 6) is 1.19. The molecular weight excluding hydrogens is 432 g/mol. The number of amides is 1. The molecule has 5 nitrogen and oxygen atoms in total. The number of ether oxygens (including phenoxy) is 1. The predicted molar refractivity (Wildman–Crippen MR) is 116 cm³/mol. The van der Waals surface area contributed by atoms with E-state index in [1.165, 1.54) is 6.08 Å². The van der Waals surface area contributed by atoms with Gasteiger partial charge in [-0.3, -0.25) is 4.79 Å². The summed E-state index contributed by atoms with van der Waals surface area (Å²) in [7, 11) is 0. The molecule has 1 amide bonds. The molecule has 2 aromatic carbocycles. The third kappa shape index (κ3) is 5.15. The van der Waals surface area contributed by atoms with Crippen LogP contribution >= 0.6 is 15.9 Å². The monoisotopic (exact) mass is 450 g/mol. The van der Waals surface area contributed by atoms with Gasteiger partial charge in [0.15, 0.2) is 0 Å². The van der Waals surface area contributed by atoms with Gasteiger partial charge in [0.05, 0.1) is 6.61 Å². The second-order valence-electron chi connectivity index (χ2n) is 6.27. The van der Waals surface area contributed by atoms with Gasteiger partial charge in [0.25, 0.3) is 5.91 Å². The van der Waals surface area contributed by atoms with Crippen LogP contribution in [-0.2, 0) is 4.79 Å². The molecule has 0 unspecified atom stereocenters. The Morgan fingerprint density at radius 1 is 1.24 bits per heavy atom. The molecule has 3 aromatic rings. The first kappa shape index (κ1) is 20.4. The number of carbonyl (C=O) groups excluding carboxylic acids is 1. The fraction of sp³-hybridized carbons (Fsp3) is 0.130. The number of hydrogen-bond donors (Lipinski definition) is 1. The highest BCUT2D eigenvalue weighted by atomic mass is 79.9. The van der Waals surface area contributed by atoms with Gasteiger partial charge in [-0.15, -0.1) is 0 Å². The average molecular weight is 451 g/mol. The molecule has 0 aliphatic carbocycles. The molecule has 29 heavy (non-hydrogen) atoms. The molecule has 0 aliphatic heterocycles. The molecule has 1 aromatic heterocycles. The maximum absolute atomic E-state index is 12.5. The van der Waals surface area contributed by atoms with Crippen LogP contribution in [0.15, 0.2) is 69.1 Å². The number of nitriles is 1. The zero-order valence-electron chi connectivity index (χ0n) is 16.0. The maximum Gasteiger partial charge on any atom is 0.266 e. The normalized spacial score (nSPS) is 11.0. The topological polar surface area (TPSA) is 75.3 Å². The molecule has 0 spiro atoms. The number of rotatable bonds is 6. The molecule has 146 valence electrons. The van der Waals surface area contributed by atoms with E-state index in [0.29, 0.717) is 29.6 Å². The van der Waals surface area contributed by atoms with Crippen LogP contribution in [0.4, 0.5) is 5.69 Å². The van der Waals surface area contributed by atoms with E-state index in [1.54, 1.807) is 36.4 Å². The summed E-state index contributed by atoms with van der Waals surface area (Å²) in [6, 6.07) is 18.4. The lowest BCUT2D eigenvalue weighted by Gasteiger charge is -2.07. The number of benzene rings is 2. The zero-order valence-corrected chi connectivity index (χ0v) is 17.6. The summed E-state index contributed by atoms with van der Waals surface area (Å²) in [5.41, 5.74) is 2.51. The molecule has 0 radical (unpaired) electrons. The van der Waals surface area contributed by atoms with E-state index in [0.717, 1.165) is 15.6 Å². The van der Waals surface area contributed by atoms with Crippen molar-refractivity contribution in [3.05, 3.63) is 76.0 Å². The maximum atomic E-state index is 12.5. The third-order valence-electron chi connectivity index (χ3n) is 4.07. The highest BCUT2D eigenvalue weighted by Gasteiger charge is 2.13. The van der Waals surface area contributed by atoms with Gasteiger partial charge < -0.3 is 14.5 Å². The minimum atomic E-state index is -0.518. The number of nitrogens with zero attached hydrogens (tertiary/aromatic N) is 1. The van der Waals surface area contributed by atoms with Crippen LogP contribution in [0, 0.1) is 18.3 Å². The van der Waals surface area contributed by atoms with E-state index < -0.39 is 5.91 Å². The summed E-state index contributed by atoms with van der Waals surface area (Å²) < 4.78 is 12.2. The second kappa shape index (κ2) is 9.26. The summed E-state index contributed by atoms with van der Waals surface area (Å²) in [5, 5.41) is 12.1. The lowest BCUT2D eigenvalue weighted by atomic mass is 10.1. The van der Waals surface area contributed by atoms with Crippen molar-refractivity contribution in [3.8, 4) is 23.1 Å². The second-order valence-corrected chi connectivity index (χ2v) is 7.12. The number of furan rings is 1. The van der Waals surface area contributed by atoms with Crippen LogP contribution < -0.4 is 10.1 Å². The predicted octanol–water partition coefficient (Wildman–Crippen LogP) is 5.96. The molecule has 0 aliphatic rings. The smallest absolute Gasteiger partial charge is 0.266 e. The Hall–Kier alpha value is -3.30. The number of halogens is 1.